The number of furan rings is 1. The van der Waals surface area contributed by atoms with Crippen LogP contribution in [0, 0.1) is 0 Å². The van der Waals surface area contributed by atoms with Gasteiger partial charge in [-0.05, 0) is 35.5 Å². The first-order valence-electron chi connectivity index (χ1n) is 6.00. The van der Waals surface area contributed by atoms with Crippen LogP contribution in [-0.4, -0.2) is 15.4 Å². The molecule has 2 heterocycles. The van der Waals surface area contributed by atoms with E-state index in [0.717, 1.165) is 21.0 Å². The van der Waals surface area contributed by atoms with Gasteiger partial charge >= 0.3 is 0 Å². The van der Waals surface area contributed by atoms with Crippen LogP contribution in [0.4, 0.5) is 0 Å². The molecule has 0 saturated heterocycles. The predicted molar refractivity (Wildman–Crippen MR) is 81.2 cm³/mol. The Morgan fingerprint density at radius 1 is 0.800 bits per heavy atom. The third kappa shape index (κ3) is 2.67. The van der Waals surface area contributed by atoms with E-state index >= 15 is 0 Å². The SMILES string of the molecule is Brc1ccc2oc3ccccc3c2c1.c1cnnnc1. The molecule has 0 saturated carbocycles. The molecule has 98 valence electrons. The number of hydrogen-bond acceptors (Lipinski definition) is 4. The highest BCUT2D eigenvalue weighted by molar-refractivity contribution is 9.10. The molecule has 0 radical (unpaired) electrons. The van der Waals surface area contributed by atoms with Gasteiger partial charge in [0.2, 0.25) is 0 Å². The van der Waals surface area contributed by atoms with E-state index in [1.807, 2.05) is 30.3 Å². The summed E-state index contributed by atoms with van der Waals surface area (Å²) in [4.78, 5) is 0. The van der Waals surface area contributed by atoms with Gasteiger partial charge in [-0.2, -0.15) is 0 Å². The zero-order chi connectivity index (χ0) is 13.8. The summed E-state index contributed by atoms with van der Waals surface area (Å²) in [6, 6.07) is 15.9. The molecule has 4 aromatic rings. The number of fused-ring (bicyclic) bond motifs is 3. The third-order valence-corrected chi connectivity index (χ3v) is 3.24. The summed E-state index contributed by atoms with van der Waals surface area (Å²) >= 11 is 3.46. The van der Waals surface area contributed by atoms with Crippen molar-refractivity contribution in [2.24, 2.45) is 0 Å². The van der Waals surface area contributed by atoms with Crippen LogP contribution < -0.4 is 0 Å². The Morgan fingerprint density at radius 3 is 2.25 bits per heavy atom. The fourth-order valence-electron chi connectivity index (χ4n) is 1.90. The van der Waals surface area contributed by atoms with Gasteiger partial charge in [0.1, 0.15) is 11.2 Å². The van der Waals surface area contributed by atoms with Gasteiger partial charge in [-0.15, -0.1) is 10.2 Å². The summed E-state index contributed by atoms with van der Waals surface area (Å²) in [6.45, 7) is 0. The fourth-order valence-corrected chi connectivity index (χ4v) is 2.26. The number of para-hydroxylation sites is 1. The molecule has 0 unspecified atom stereocenters. The minimum atomic E-state index is 0.939. The van der Waals surface area contributed by atoms with Crippen LogP contribution in [0.15, 0.2) is 69.8 Å². The highest BCUT2D eigenvalue weighted by atomic mass is 79.9. The second kappa shape index (κ2) is 5.79. The lowest BCUT2D eigenvalue weighted by atomic mass is 10.2. The first-order chi connectivity index (χ1) is 9.84. The maximum atomic E-state index is 5.69. The van der Waals surface area contributed by atoms with Crippen molar-refractivity contribution in [3.63, 3.8) is 0 Å². The maximum absolute atomic E-state index is 5.69. The molecule has 20 heavy (non-hydrogen) atoms. The van der Waals surface area contributed by atoms with Crippen LogP contribution in [0.25, 0.3) is 21.9 Å². The largest absolute Gasteiger partial charge is 0.456 e. The lowest BCUT2D eigenvalue weighted by molar-refractivity contribution is 0.669. The van der Waals surface area contributed by atoms with E-state index in [0.29, 0.717) is 0 Å². The standard InChI is InChI=1S/C12H7BrO.C3H3N3/c13-8-5-6-12-10(7-8)9-3-1-2-4-11(9)14-12;1-2-4-6-5-3-1/h1-7H;1-3H. The molecule has 4 rings (SSSR count). The number of halogens is 1. The van der Waals surface area contributed by atoms with Crippen molar-refractivity contribution in [3.8, 4) is 0 Å². The molecular weight excluding hydrogens is 318 g/mol. The second-order valence-electron chi connectivity index (χ2n) is 4.05. The van der Waals surface area contributed by atoms with Gasteiger partial charge in [-0.3, -0.25) is 0 Å². The molecule has 2 aromatic carbocycles. The van der Waals surface area contributed by atoms with Crippen molar-refractivity contribution >= 4 is 37.9 Å². The highest BCUT2D eigenvalue weighted by Gasteiger charge is 2.05. The highest BCUT2D eigenvalue weighted by Crippen LogP contribution is 2.30. The predicted octanol–water partition coefficient (Wildman–Crippen LogP) is 4.22. The molecule has 5 heteroatoms. The first kappa shape index (κ1) is 12.7. The molecule has 2 aromatic heterocycles. The van der Waals surface area contributed by atoms with E-state index in [4.69, 9.17) is 4.42 Å². The Kier molecular flexibility index (Phi) is 3.69. The summed E-state index contributed by atoms with van der Waals surface area (Å²) < 4.78 is 6.77. The summed E-state index contributed by atoms with van der Waals surface area (Å²) in [7, 11) is 0. The van der Waals surface area contributed by atoms with E-state index in [-0.39, 0.29) is 0 Å². The van der Waals surface area contributed by atoms with Crippen molar-refractivity contribution in [2.45, 2.75) is 0 Å². The fraction of sp³-hybridized carbons (Fsp3) is 0. The Morgan fingerprint density at radius 2 is 1.55 bits per heavy atom. The summed E-state index contributed by atoms with van der Waals surface area (Å²) in [6.07, 6.45) is 3.15. The van der Waals surface area contributed by atoms with Crippen LogP contribution in [0.1, 0.15) is 0 Å². The number of benzene rings is 2. The lowest BCUT2D eigenvalue weighted by Crippen LogP contribution is -1.78. The monoisotopic (exact) mass is 327 g/mol. The summed E-state index contributed by atoms with van der Waals surface area (Å²) in [5.41, 5.74) is 1.88. The van der Waals surface area contributed by atoms with E-state index in [2.05, 4.69) is 43.5 Å². The van der Waals surface area contributed by atoms with Crippen LogP contribution in [0.2, 0.25) is 0 Å². The van der Waals surface area contributed by atoms with Crippen LogP contribution >= 0.6 is 15.9 Å². The Hall–Kier alpha value is -2.27. The lowest BCUT2D eigenvalue weighted by Gasteiger charge is -1.89. The van der Waals surface area contributed by atoms with Crippen LogP contribution in [0.5, 0.6) is 0 Å². The van der Waals surface area contributed by atoms with Gasteiger partial charge in [0.25, 0.3) is 0 Å². The Bertz CT molecular complexity index is 803. The molecule has 0 fully saturated rings. The first-order valence-corrected chi connectivity index (χ1v) is 6.79. The molecule has 0 N–H and O–H groups in total. The maximum Gasteiger partial charge on any atom is 0.135 e. The van der Waals surface area contributed by atoms with Gasteiger partial charge in [-0.1, -0.05) is 34.1 Å². The average molecular weight is 328 g/mol. The van der Waals surface area contributed by atoms with E-state index in [1.54, 1.807) is 18.5 Å². The smallest absolute Gasteiger partial charge is 0.135 e. The Balaban J connectivity index is 0.000000170. The summed E-state index contributed by atoms with van der Waals surface area (Å²) in [5, 5.41) is 12.5. The van der Waals surface area contributed by atoms with Gasteiger partial charge < -0.3 is 4.42 Å². The number of aromatic nitrogens is 3. The van der Waals surface area contributed by atoms with Crippen molar-refractivity contribution in [2.75, 3.05) is 0 Å². The van der Waals surface area contributed by atoms with Crippen LogP contribution in [-0.2, 0) is 0 Å². The Labute approximate surface area is 123 Å². The molecular formula is C15H10BrN3O. The van der Waals surface area contributed by atoms with Crippen molar-refractivity contribution in [1.29, 1.82) is 0 Å². The third-order valence-electron chi connectivity index (χ3n) is 2.75. The molecule has 0 atom stereocenters. The van der Waals surface area contributed by atoms with Gasteiger partial charge in [-0.25, -0.2) is 0 Å². The zero-order valence-electron chi connectivity index (χ0n) is 10.4. The minimum absolute atomic E-state index is 0.939. The molecule has 0 bridgehead atoms. The van der Waals surface area contributed by atoms with Crippen molar-refractivity contribution in [3.05, 3.63) is 65.4 Å². The molecule has 0 aliphatic carbocycles. The number of rotatable bonds is 0. The van der Waals surface area contributed by atoms with Crippen LogP contribution in [0.3, 0.4) is 0 Å². The molecule has 0 amide bonds. The zero-order valence-corrected chi connectivity index (χ0v) is 12.0. The normalized spacial score (nSPS) is 10.2. The minimum Gasteiger partial charge on any atom is -0.456 e. The molecule has 0 spiro atoms. The van der Waals surface area contributed by atoms with E-state index in [1.165, 1.54) is 5.39 Å². The molecule has 0 aliphatic heterocycles. The van der Waals surface area contributed by atoms with E-state index in [9.17, 15) is 0 Å². The molecule has 4 nitrogen and oxygen atoms in total. The average Bonchev–Trinajstić information content (AvgIpc) is 2.88. The van der Waals surface area contributed by atoms with Gasteiger partial charge in [0.05, 0.1) is 12.4 Å². The topological polar surface area (TPSA) is 51.8 Å². The molecule has 0 aliphatic rings. The number of hydrogen-bond donors (Lipinski definition) is 0. The van der Waals surface area contributed by atoms with Crippen molar-refractivity contribution in [1.82, 2.24) is 15.4 Å². The number of nitrogens with zero attached hydrogens (tertiary/aromatic N) is 3. The van der Waals surface area contributed by atoms with E-state index < -0.39 is 0 Å². The van der Waals surface area contributed by atoms with Gasteiger partial charge in [0.15, 0.2) is 0 Å². The quantitative estimate of drug-likeness (QED) is 0.485. The van der Waals surface area contributed by atoms with Gasteiger partial charge in [0, 0.05) is 15.2 Å². The summed E-state index contributed by atoms with van der Waals surface area (Å²) in [5.74, 6) is 0. The van der Waals surface area contributed by atoms with Crippen molar-refractivity contribution < 1.29 is 4.42 Å². The second-order valence-corrected chi connectivity index (χ2v) is 4.97.